The summed E-state index contributed by atoms with van der Waals surface area (Å²) in [4.78, 5) is 4.15. The Labute approximate surface area is 152 Å². The molecule has 0 aliphatic heterocycles. The van der Waals surface area contributed by atoms with Crippen LogP contribution in [0, 0.1) is 0 Å². The van der Waals surface area contributed by atoms with Crippen LogP contribution in [-0.2, 0) is 10.0 Å². The normalized spacial score (nSPS) is 12.9. The number of methoxy groups -OCH3 is 1. The molecule has 0 radical (unpaired) electrons. The maximum Gasteiger partial charge on any atom is 0.243 e. The molecule has 0 bridgehead atoms. The van der Waals surface area contributed by atoms with Crippen LogP contribution in [-0.4, -0.2) is 41.6 Å². The molecule has 8 heteroatoms. The van der Waals surface area contributed by atoms with Crippen molar-refractivity contribution in [3.8, 4) is 11.4 Å². The Hall–Kier alpha value is -2.71. The highest BCUT2D eigenvalue weighted by Gasteiger charge is 2.26. The molecule has 136 valence electrons. The second kappa shape index (κ2) is 7.27. The fourth-order valence-electron chi connectivity index (χ4n) is 2.58. The number of aromatic nitrogens is 3. The lowest BCUT2D eigenvalue weighted by Gasteiger charge is -2.25. The highest BCUT2D eigenvalue weighted by atomic mass is 32.2. The van der Waals surface area contributed by atoms with Gasteiger partial charge >= 0.3 is 0 Å². The van der Waals surface area contributed by atoms with Gasteiger partial charge in [0.25, 0.3) is 0 Å². The number of sulfonamides is 1. The van der Waals surface area contributed by atoms with E-state index in [1.54, 1.807) is 49.4 Å². The zero-order valence-electron chi connectivity index (χ0n) is 14.8. The van der Waals surface area contributed by atoms with E-state index < -0.39 is 10.0 Å². The van der Waals surface area contributed by atoms with Crippen LogP contribution in [0.15, 0.2) is 66.1 Å². The smallest absolute Gasteiger partial charge is 0.243 e. The van der Waals surface area contributed by atoms with E-state index >= 15 is 0 Å². The van der Waals surface area contributed by atoms with Gasteiger partial charge in [0.05, 0.1) is 17.7 Å². The monoisotopic (exact) mass is 372 g/mol. The van der Waals surface area contributed by atoms with Crippen LogP contribution in [0.3, 0.4) is 0 Å². The second-order valence-corrected chi connectivity index (χ2v) is 7.80. The molecule has 0 saturated carbocycles. The van der Waals surface area contributed by atoms with Crippen LogP contribution < -0.4 is 4.74 Å². The summed E-state index contributed by atoms with van der Waals surface area (Å²) in [6.45, 7) is 1.85. The zero-order chi connectivity index (χ0) is 18.7. The van der Waals surface area contributed by atoms with Gasteiger partial charge in [-0.25, -0.2) is 18.1 Å². The molecule has 3 aromatic rings. The average Bonchev–Trinajstić information content (AvgIpc) is 3.21. The Kier molecular flexibility index (Phi) is 5.06. The molecular formula is C18H20N4O3S. The van der Waals surface area contributed by atoms with Crippen LogP contribution in [0.4, 0.5) is 0 Å². The van der Waals surface area contributed by atoms with Gasteiger partial charge in [0.2, 0.25) is 10.0 Å². The summed E-state index contributed by atoms with van der Waals surface area (Å²) in [5.74, 6) is 0.614. The number of hydrogen-bond acceptors (Lipinski definition) is 5. The highest BCUT2D eigenvalue weighted by Crippen LogP contribution is 2.27. The fraction of sp³-hybridized carbons (Fsp3) is 0.222. The van der Waals surface area contributed by atoms with Gasteiger partial charge in [-0.1, -0.05) is 12.1 Å². The minimum Gasteiger partial charge on any atom is -0.497 e. The van der Waals surface area contributed by atoms with E-state index in [2.05, 4.69) is 10.1 Å². The van der Waals surface area contributed by atoms with Crippen LogP contribution >= 0.6 is 0 Å². The van der Waals surface area contributed by atoms with Crippen molar-refractivity contribution in [1.82, 2.24) is 19.1 Å². The molecule has 0 spiro atoms. The Morgan fingerprint density at radius 1 is 1.08 bits per heavy atom. The molecule has 0 N–H and O–H groups in total. The maximum absolute atomic E-state index is 12.9. The summed E-state index contributed by atoms with van der Waals surface area (Å²) < 4.78 is 33.8. The maximum atomic E-state index is 12.9. The van der Waals surface area contributed by atoms with Gasteiger partial charge in [-0.05, 0) is 48.9 Å². The summed E-state index contributed by atoms with van der Waals surface area (Å²) >= 11 is 0. The molecule has 3 rings (SSSR count). The lowest BCUT2D eigenvalue weighted by Crippen LogP contribution is -2.29. The lowest BCUT2D eigenvalue weighted by molar-refractivity contribution is 0.397. The van der Waals surface area contributed by atoms with Crippen molar-refractivity contribution in [1.29, 1.82) is 0 Å². The minimum atomic E-state index is -3.61. The van der Waals surface area contributed by atoms with E-state index in [4.69, 9.17) is 4.74 Å². The number of benzene rings is 2. The Morgan fingerprint density at radius 2 is 1.73 bits per heavy atom. The van der Waals surface area contributed by atoms with Gasteiger partial charge in [-0.3, -0.25) is 0 Å². The molecule has 2 aromatic carbocycles. The molecule has 0 fully saturated rings. The van der Waals surface area contributed by atoms with Crippen molar-refractivity contribution < 1.29 is 13.2 Å². The Bertz CT molecular complexity index is 953. The van der Waals surface area contributed by atoms with Crippen molar-refractivity contribution in [3.63, 3.8) is 0 Å². The molecule has 1 aromatic heterocycles. The fourth-order valence-corrected chi connectivity index (χ4v) is 3.93. The van der Waals surface area contributed by atoms with E-state index in [1.165, 1.54) is 10.6 Å². The lowest BCUT2D eigenvalue weighted by atomic mass is 10.1. The van der Waals surface area contributed by atoms with Crippen molar-refractivity contribution in [3.05, 3.63) is 66.7 Å². The summed E-state index contributed by atoms with van der Waals surface area (Å²) in [6, 6.07) is 13.6. The standard InChI is InChI=1S/C18H20N4O3S/c1-14(15-4-6-16(7-5-15)22-13-19-12-20-22)21(2)26(23,24)18-10-8-17(25-3)9-11-18/h4-14H,1-3H3. The SMILES string of the molecule is COc1ccc(S(=O)(=O)N(C)C(C)c2ccc(-n3cncn3)cc2)cc1. The van der Waals surface area contributed by atoms with Gasteiger partial charge in [0.1, 0.15) is 18.4 Å². The minimum absolute atomic E-state index is 0.229. The van der Waals surface area contributed by atoms with E-state index in [1.807, 2.05) is 31.2 Å². The van der Waals surface area contributed by atoms with Crippen molar-refractivity contribution in [2.45, 2.75) is 17.9 Å². The van der Waals surface area contributed by atoms with E-state index in [9.17, 15) is 8.42 Å². The highest BCUT2D eigenvalue weighted by molar-refractivity contribution is 7.89. The van der Waals surface area contributed by atoms with Gasteiger partial charge < -0.3 is 4.74 Å². The van der Waals surface area contributed by atoms with Crippen LogP contribution in [0.5, 0.6) is 5.75 Å². The third kappa shape index (κ3) is 3.47. The first kappa shape index (κ1) is 18.1. The number of ether oxygens (including phenoxy) is 1. The van der Waals surface area contributed by atoms with Crippen LogP contribution in [0.1, 0.15) is 18.5 Å². The molecule has 0 amide bonds. The predicted octanol–water partition coefficient (Wildman–Crippen LogP) is 2.66. The summed E-state index contributed by atoms with van der Waals surface area (Å²) in [7, 11) is -0.493. The molecule has 1 heterocycles. The van der Waals surface area contributed by atoms with Crippen LogP contribution in [0.2, 0.25) is 0 Å². The third-order valence-corrected chi connectivity index (χ3v) is 6.28. The summed E-state index contributed by atoms with van der Waals surface area (Å²) in [5, 5.41) is 4.08. The van der Waals surface area contributed by atoms with Gasteiger partial charge in [0, 0.05) is 13.1 Å². The first-order valence-corrected chi connectivity index (χ1v) is 9.44. The molecule has 26 heavy (non-hydrogen) atoms. The molecule has 0 aliphatic carbocycles. The Morgan fingerprint density at radius 3 is 2.27 bits per heavy atom. The number of rotatable bonds is 6. The largest absolute Gasteiger partial charge is 0.497 e. The molecule has 0 saturated heterocycles. The molecule has 1 unspecified atom stereocenters. The first-order chi connectivity index (χ1) is 12.4. The van der Waals surface area contributed by atoms with Crippen LogP contribution in [0.25, 0.3) is 5.69 Å². The van der Waals surface area contributed by atoms with E-state index in [-0.39, 0.29) is 10.9 Å². The number of nitrogens with zero attached hydrogens (tertiary/aromatic N) is 4. The topological polar surface area (TPSA) is 77.3 Å². The second-order valence-electron chi connectivity index (χ2n) is 5.80. The molecular weight excluding hydrogens is 352 g/mol. The van der Waals surface area contributed by atoms with Crippen molar-refractivity contribution in [2.75, 3.05) is 14.2 Å². The number of hydrogen-bond donors (Lipinski definition) is 0. The van der Waals surface area contributed by atoms with Gasteiger partial charge in [0.15, 0.2) is 0 Å². The average molecular weight is 372 g/mol. The first-order valence-electron chi connectivity index (χ1n) is 8.00. The third-order valence-electron chi connectivity index (χ3n) is 4.34. The van der Waals surface area contributed by atoms with E-state index in [0.29, 0.717) is 5.75 Å². The Balaban J connectivity index is 1.82. The van der Waals surface area contributed by atoms with Crippen molar-refractivity contribution in [2.24, 2.45) is 0 Å². The predicted molar refractivity (Wildman–Crippen MR) is 97.7 cm³/mol. The quantitative estimate of drug-likeness (QED) is 0.665. The van der Waals surface area contributed by atoms with Gasteiger partial charge in [-0.2, -0.15) is 9.40 Å². The molecule has 0 aliphatic rings. The van der Waals surface area contributed by atoms with Crippen molar-refractivity contribution >= 4 is 10.0 Å². The summed E-state index contributed by atoms with van der Waals surface area (Å²) in [5.41, 5.74) is 1.74. The zero-order valence-corrected chi connectivity index (χ0v) is 15.6. The summed E-state index contributed by atoms with van der Waals surface area (Å²) in [6.07, 6.45) is 3.07. The van der Waals surface area contributed by atoms with Gasteiger partial charge in [-0.15, -0.1) is 0 Å². The van der Waals surface area contributed by atoms with E-state index in [0.717, 1.165) is 11.3 Å². The molecule has 7 nitrogen and oxygen atoms in total. The molecule has 1 atom stereocenters.